The molecule has 1 saturated heterocycles. The fraction of sp³-hybridized carbons (Fsp3) is 0.143. The lowest BCUT2D eigenvalue weighted by Gasteiger charge is -2.11. The van der Waals surface area contributed by atoms with Crippen molar-refractivity contribution in [3.8, 4) is 11.5 Å². The summed E-state index contributed by atoms with van der Waals surface area (Å²) < 4.78 is 15.2. The molecule has 0 radical (unpaired) electrons. The number of amides is 2. The Balaban J connectivity index is 1.84. The number of carbonyl (C=O) groups excluding carboxylic acids is 4. The Morgan fingerprint density at radius 2 is 1.77 bits per heavy atom. The van der Waals surface area contributed by atoms with Gasteiger partial charge in [0.15, 0.2) is 11.5 Å². The Morgan fingerprint density at radius 3 is 2.42 bits per heavy atom. The van der Waals surface area contributed by atoms with E-state index in [0.29, 0.717) is 33.7 Å². The lowest BCUT2D eigenvalue weighted by atomic mass is 10.1. The first-order valence-electron chi connectivity index (χ1n) is 8.80. The predicted octanol–water partition coefficient (Wildman–Crippen LogP) is 3.78. The third-order valence-corrected chi connectivity index (χ3v) is 5.32. The van der Waals surface area contributed by atoms with Crippen molar-refractivity contribution in [2.24, 2.45) is 0 Å². The van der Waals surface area contributed by atoms with Gasteiger partial charge in [0.1, 0.15) is 6.54 Å². The second-order valence-corrected chi connectivity index (χ2v) is 7.58. The van der Waals surface area contributed by atoms with Gasteiger partial charge in [-0.05, 0) is 59.8 Å². The molecule has 0 bridgehead atoms. The van der Waals surface area contributed by atoms with E-state index >= 15 is 0 Å². The fourth-order valence-electron chi connectivity index (χ4n) is 2.59. The predicted molar refractivity (Wildman–Crippen MR) is 114 cm³/mol. The third kappa shape index (κ3) is 5.25. The topological polar surface area (TPSA) is 99.2 Å². The number of carbonyl (C=O) groups is 4. The van der Waals surface area contributed by atoms with Crippen LogP contribution in [0.5, 0.6) is 11.5 Å². The van der Waals surface area contributed by atoms with Crippen molar-refractivity contribution < 1.29 is 33.4 Å². The molecular weight excluding hydrogens is 446 g/mol. The van der Waals surface area contributed by atoms with E-state index in [1.807, 2.05) is 0 Å². The van der Waals surface area contributed by atoms with E-state index in [2.05, 4.69) is 4.74 Å². The van der Waals surface area contributed by atoms with Gasteiger partial charge in [-0.15, -0.1) is 0 Å². The molecule has 10 heteroatoms. The van der Waals surface area contributed by atoms with Crippen molar-refractivity contribution in [2.75, 3.05) is 20.8 Å². The first-order valence-corrected chi connectivity index (χ1v) is 9.99. The normalized spacial score (nSPS) is 14.7. The minimum Gasteiger partial charge on any atom is -0.493 e. The number of hydrogen-bond acceptors (Lipinski definition) is 8. The van der Waals surface area contributed by atoms with E-state index in [1.54, 1.807) is 24.3 Å². The monoisotopic (exact) mass is 461 g/mol. The van der Waals surface area contributed by atoms with E-state index in [-0.39, 0.29) is 10.7 Å². The maximum absolute atomic E-state index is 12.5. The zero-order valence-electron chi connectivity index (χ0n) is 16.4. The molecule has 1 fully saturated rings. The molecule has 0 atom stereocenters. The first kappa shape index (κ1) is 22.4. The minimum absolute atomic E-state index is 0.119. The Kier molecular flexibility index (Phi) is 6.98. The molecule has 0 N–H and O–H groups in total. The summed E-state index contributed by atoms with van der Waals surface area (Å²) in [5.74, 6) is -1.51. The highest BCUT2D eigenvalue weighted by molar-refractivity contribution is 8.18. The van der Waals surface area contributed by atoms with Crippen LogP contribution in [0.25, 0.3) is 6.08 Å². The molecule has 160 valence electrons. The highest BCUT2D eigenvalue weighted by Crippen LogP contribution is 2.34. The lowest BCUT2D eigenvalue weighted by molar-refractivity contribution is -0.143. The molecule has 1 aliphatic rings. The fourth-order valence-corrected chi connectivity index (χ4v) is 3.55. The van der Waals surface area contributed by atoms with E-state index < -0.39 is 29.6 Å². The number of imide groups is 1. The lowest BCUT2D eigenvalue weighted by Crippen LogP contribution is -2.34. The van der Waals surface area contributed by atoms with Gasteiger partial charge in [0.25, 0.3) is 11.1 Å². The molecule has 31 heavy (non-hydrogen) atoms. The number of halogens is 1. The first-order chi connectivity index (χ1) is 14.8. The van der Waals surface area contributed by atoms with Gasteiger partial charge in [-0.3, -0.25) is 19.3 Å². The molecule has 2 aromatic rings. The zero-order valence-corrected chi connectivity index (χ0v) is 18.0. The van der Waals surface area contributed by atoms with Crippen LogP contribution in [0, 0.1) is 0 Å². The molecule has 8 nitrogen and oxygen atoms in total. The molecular formula is C21H16ClNO7S. The second kappa shape index (κ2) is 9.67. The summed E-state index contributed by atoms with van der Waals surface area (Å²) in [5.41, 5.74) is 0.782. The van der Waals surface area contributed by atoms with Gasteiger partial charge in [0.05, 0.1) is 24.7 Å². The van der Waals surface area contributed by atoms with Gasteiger partial charge in [-0.25, -0.2) is 4.79 Å². The number of benzene rings is 2. The van der Waals surface area contributed by atoms with Crippen LogP contribution in [0.1, 0.15) is 15.9 Å². The van der Waals surface area contributed by atoms with Crippen molar-refractivity contribution in [1.29, 1.82) is 0 Å². The average Bonchev–Trinajstić information content (AvgIpc) is 3.01. The summed E-state index contributed by atoms with van der Waals surface area (Å²) in [5, 5.41) is -0.0955. The molecule has 0 aromatic heterocycles. The molecule has 3 rings (SSSR count). The van der Waals surface area contributed by atoms with Crippen molar-refractivity contribution in [3.05, 3.63) is 63.5 Å². The third-order valence-electron chi connectivity index (χ3n) is 4.16. The summed E-state index contributed by atoms with van der Waals surface area (Å²) in [6, 6.07) is 10.9. The summed E-state index contributed by atoms with van der Waals surface area (Å²) in [7, 11) is 2.59. The molecule has 0 saturated carbocycles. The van der Waals surface area contributed by atoms with Crippen LogP contribution < -0.4 is 9.47 Å². The Bertz CT molecular complexity index is 1080. The highest BCUT2D eigenvalue weighted by atomic mass is 35.5. The number of rotatable bonds is 6. The number of hydrogen-bond donors (Lipinski definition) is 0. The van der Waals surface area contributed by atoms with Crippen LogP contribution in [-0.2, 0) is 14.3 Å². The van der Waals surface area contributed by atoms with E-state index in [0.717, 1.165) is 4.90 Å². The average molecular weight is 462 g/mol. The van der Waals surface area contributed by atoms with Crippen LogP contribution in [0.15, 0.2) is 47.4 Å². The Labute approximate surface area is 186 Å². The second-order valence-electron chi connectivity index (χ2n) is 6.15. The Morgan fingerprint density at radius 1 is 1.06 bits per heavy atom. The number of ether oxygens (including phenoxy) is 3. The molecule has 2 aromatic carbocycles. The quantitative estimate of drug-likeness (QED) is 0.364. The number of nitrogens with zero attached hydrogens (tertiary/aromatic N) is 1. The van der Waals surface area contributed by atoms with Crippen LogP contribution in [0.3, 0.4) is 0 Å². The molecule has 0 aliphatic carbocycles. The van der Waals surface area contributed by atoms with E-state index in [1.165, 1.54) is 38.5 Å². The summed E-state index contributed by atoms with van der Waals surface area (Å²) in [6.45, 7) is -0.467. The molecule has 0 unspecified atom stereocenters. The molecule has 2 amide bonds. The maximum atomic E-state index is 12.5. The number of thioether (sulfide) groups is 1. The number of methoxy groups -OCH3 is 2. The van der Waals surface area contributed by atoms with E-state index in [4.69, 9.17) is 21.1 Å². The van der Waals surface area contributed by atoms with Gasteiger partial charge < -0.3 is 14.2 Å². The summed E-state index contributed by atoms with van der Waals surface area (Å²) in [6.07, 6.45) is 1.46. The van der Waals surface area contributed by atoms with Crippen LogP contribution in [0.2, 0.25) is 5.02 Å². The zero-order chi connectivity index (χ0) is 22.5. The largest absolute Gasteiger partial charge is 0.493 e. The summed E-state index contributed by atoms with van der Waals surface area (Å²) >= 11 is 6.53. The smallest absolute Gasteiger partial charge is 0.343 e. The van der Waals surface area contributed by atoms with Crippen LogP contribution >= 0.6 is 23.4 Å². The van der Waals surface area contributed by atoms with E-state index in [9.17, 15) is 19.2 Å². The van der Waals surface area contributed by atoms with Crippen LogP contribution in [0.4, 0.5) is 4.79 Å². The molecule has 1 aliphatic heterocycles. The molecule has 0 spiro atoms. The maximum Gasteiger partial charge on any atom is 0.343 e. The highest BCUT2D eigenvalue weighted by Gasteiger charge is 2.36. The van der Waals surface area contributed by atoms with Gasteiger partial charge >= 0.3 is 11.9 Å². The molecule has 1 heterocycles. The van der Waals surface area contributed by atoms with Gasteiger partial charge in [0, 0.05) is 5.02 Å². The summed E-state index contributed by atoms with van der Waals surface area (Å²) in [4.78, 5) is 49.3. The van der Waals surface area contributed by atoms with Gasteiger partial charge in [-0.1, -0.05) is 17.7 Å². The minimum atomic E-state index is -0.704. The van der Waals surface area contributed by atoms with Crippen molar-refractivity contribution in [2.45, 2.75) is 0 Å². The Hall–Kier alpha value is -3.30. The van der Waals surface area contributed by atoms with Crippen molar-refractivity contribution >= 4 is 52.5 Å². The van der Waals surface area contributed by atoms with Crippen molar-refractivity contribution in [3.63, 3.8) is 0 Å². The van der Waals surface area contributed by atoms with Gasteiger partial charge in [-0.2, -0.15) is 0 Å². The standard InChI is InChI=1S/C21H16ClNO7S/c1-28-15-8-3-12(9-16(15)30-20(26)13-4-6-14(22)7-5-13)10-17-19(25)23(21(27)31-17)11-18(24)29-2/h3-10H,11H2,1-2H3/b17-10-. The van der Waals surface area contributed by atoms with Crippen LogP contribution in [-0.4, -0.2) is 48.7 Å². The van der Waals surface area contributed by atoms with Gasteiger partial charge in [0.2, 0.25) is 0 Å². The number of esters is 2. The SMILES string of the molecule is COC(=O)CN1C(=O)S/C(=C\c2ccc(OC)c(OC(=O)c3ccc(Cl)cc3)c2)C1=O. The van der Waals surface area contributed by atoms with Crippen molar-refractivity contribution in [1.82, 2.24) is 4.90 Å².